The number of imidazole rings is 1. The smallest absolute Gasteiger partial charge is 0.138 e. The number of aromatic nitrogens is 3. The van der Waals surface area contributed by atoms with Gasteiger partial charge >= 0.3 is 0 Å². The highest BCUT2D eigenvalue weighted by Gasteiger charge is 2.17. The average molecular weight is 450 g/mol. The zero-order valence-corrected chi connectivity index (χ0v) is 18.5. The fourth-order valence-electron chi connectivity index (χ4n) is 4.69. The van der Waals surface area contributed by atoms with Gasteiger partial charge in [-0.1, -0.05) is 18.2 Å². The molecule has 2 aromatic heterocycles. The molecule has 0 unspecified atom stereocenters. The van der Waals surface area contributed by atoms with Crippen LogP contribution in [0.25, 0.3) is 55.7 Å². The van der Waals surface area contributed by atoms with Gasteiger partial charge in [0, 0.05) is 45.0 Å². The molecule has 0 fully saturated rings. The van der Waals surface area contributed by atoms with Crippen LogP contribution in [0.5, 0.6) is 0 Å². The van der Waals surface area contributed by atoms with E-state index in [4.69, 9.17) is 4.98 Å². The van der Waals surface area contributed by atoms with Crippen molar-refractivity contribution < 1.29 is 8.78 Å². The predicted octanol–water partition coefficient (Wildman–Crippen LogP) is 7.82. The van der Waals surface area contributed by atoms with E-state index in [0.29, 0.717) is 11.5 Å². The highest BCUT2D eigenvalue weighted by molar-refractivity contribution is 6.09. The van der Waals surface area contributed by atoms with Gasteiger partial charge in [0.15, 0.2) is 0 Å². The second kappa shape index (κ2) is 7.96. The van der Waals surface area contributed by atoms with Gasteiger partial charge in [0.1, 0.15) is 17.5 Å². The Morgan fingerprint density at radius 2 is 1.32 bits per heavy atom. The van der Waals surface area contributed by atoms with Crippen molar-refractivity contribution in [2.24, 2.45) is 0 Å². The van der Waals surface area contributed by atoms with Crippen molar-refractivity contribution in [2.45, 2.75) is 13.5 Å². The monoisotopic (exact) mass is 449 g/mol. The molecule has 0 amide bonds. The number of rotatable bonds is 4. The molecule has 3 nitrogen and oxygen atoms in total. The van der Waals surface area contributed by atoms with Crippen LogP contribution >= 0.6 is 0 Å². The van der Waals surface area contributed by atoms with Crippen molar-refractivity contribution in [1.29, 1.82) is 0 Å². The van der Waals surface area contributed by atoms with Crippen molar-refractivity contribution in [2.75, 3.05) is 0 Å². The standard InChI is InChI=1S/C29H21F2N3/c1-2-34-25-6-4-3-5-23(25)24-17-20(11-16-26(24)34)29-32-27(18-7-12-21(30)13-8-18)28(33-29)19-9-14-22(31)15-10-19/h3-17H,2H2,1H3,(H,32,33). The third kappa shape index (κ3) is 3.28. The highest BCUT2D eigenvalue weighted by atomic mass is 19.1. The number of aromatic amines is 1. The summed E-state index contributed by atoms with van der Waals surface area (Å²) < 4.78 is 29.5. The summed E-state index contributed by atoms with van der Waals surface area (Å²) in [4.78, 5) is 8.36. The minimum Gasteiger partial charge on any atom is -0.341 e. The maximum absolute atomic E-state index is 13.6. The fourth-order valence-corrected chi connectivity index (χ4v) is 4.69. The molecule has 34 heavy (non-hydrogen) atoms. The zero-order chi connectivity index (χ0) is 23.2. The lowest BCUT2D eigenvalue weighted by atomic mass is 10.1. The van der Waals surface area contributed by atoms with E-state index in [1.54, 1.807) is 24.3 Å². The average Bonchev–Trinajstić information content (AvgIpc) is 3.44. The minimum absolute atomic E-state index is 0.301. The first-order chi connectivity index (χ1) is 16.6. The molecule has 0 bridgehead atoms. The lowest BCUT2D eigenvalue weighted by molar-refractivity contribution is 0.627. The summed E-state index contributed by atoms with van der Waals surface area (Å²) in [5.41, 5.74) is 6.38. The number of hydrogen-bond acceptors (Lipinski definition) is 1. The number of H-pyrrole nitrogens is 1. The van der Waals surface area contributed by atoms with E-state index < -0.39 is 0 Å². The van der Waals surface area contributed by atoms with Gasteiger partial charge in [-0.05, 0) is 79.7 Å². The number of nitrogens with one attached hydrogen (secondary N) is 1. The molecule has 6 rings (SSSR count). The van der Waals surface area contributed by atoms with E-state index in [9.17, 15) is 8.78 Å². The van der Waals surface area contributed by atoms with Crippen LogP contribution in [0, 0.1) is 11.6 Å². The summed E-state index contributed by atoms with van der Waals surface area (Å²) in [7, 11) is 0. The van der Waals surface area contributed by atoms with E-state index in [-0.39, 0.29) is 11.6 Å². The van der Waals surface area contributed by atoms with Crippen molar-refractivity contribution in [1.82, 2.24) is 14.5 Å². The summed E-state index contributed by atoms with van der Waals surface area (Å²) in [6.45, 7) is 3.03. The lowest BCUT2D eigenvalue weighted by Crippen LogP contribution is -1.92. The summed E-state index contributed by atoms with van der Waals surface area (Å²) in [6, 6.07) is 27.3. The molecule has 2 heterocycles. The SMILES string of the molecule is CCn1c2ccccc2c2cc(-c3nc(-c4ccc(F)cc4)c(-c4ccc(F)cc4)[nH]3)ccc21. The first-order valence-electron chi connectivity index (χ1n) is 11.3. The second-order valence-electron chi connectivity index (χ2n) is 8.32. The first kappa shape index (κ1) is 20.4. The fraction of sp³-hybridized carbons (Fsp3) is 0.0690. The van der Waals surface area contributed by atoms with E-state index in [1.807, 2.05) is 0 Å². The van der Waals surface area contributed by atoms with Crippen LogP contribution < -0.4 is 0 Å². The molecule has 0 saturated heterocycles. The zero-order valence-electron chi connectivity index (χ0n) is 18.5. The largest absolute Gasteiger partial charge is 0.341 e. The van der Waals surface area contributed by atoms with Gasteiger partial charge in [-0.3, -0.25) is 0 Å². The van der Waals surface area contributed by atoms with Gasteiger partial charge in [0.2, 0.25) is 0 Å². The molecule has 1 N–H and O–H groups in total. The number of aryl methyl sites for hydroxylation is 1. The van der Waals surface area contributed by atoms with Gasteiger partial charge < -0.3 is 9.55 Å². The van der Waals surface area contributed by atoms with Crippen LogP contribution in [0.1, 0.15) is 6.92 Å². The number of nitrogens with zero attached hydrogens (tertiary/aromatic N) is 2. The van der Waals surface area contributed by atoms with Crippen molar-refractivity contribution in [3.8, 4) is 33.9 Å². The topological polar surface area (TPSA) is 33.6 Å². The predicted molar refractivity (Wildman–Crippen MR) is 133 cm³/mol. The Hall–Kier alpha value is -4.25. The molecule has 166 valence electrons. The van der Waals surface area contributed by atoms with Gasteiger partial charge in [0.05, 0.1) is 11.4 Å². The van der Waals surface area contributed by atoms with Crippen molar-refractivity contribution >= 4 is 21.8 Å². The summed E-state index contributed by atoms with van der Waals surface area (Å²) in [5.74, 6) is 0.0964. The molecule has 0 radical (unpaired) electrons. The number of benzene rings is 4. The van der Waals surface area contributed by atoms with Gasteiger partial charge in [-0.15, -0.1) is 0 Å². The molecule has 0 spiro atoms. The number of halogens is 2. The Kier molecular flexibility index (Phi) is 4.77. The first-order valence-corrected chi connectivity index (χ1v) is 11.3. The summed E-state index contributed by atoms with van der Waals surface area (Å²) in [5, 5.41) is 2.36. The minimum atomic E-state index is -0.305. The lowest BCUT2D eigenvalue weighted by Gasteiger charge is -2.03. The number of para-hydroxylation sites is 1. The third-order valence-electron chi connectivity index (χ3n) is 6.32. The quantitative estimate of drug-likeness (QED) is 0.292. The molecule has 4 aromatic carbocycles. The maximum atomic E-state index is 13.6. The molecule has 6 aromatic rings. The van der Waals surface area contributed by atoms with E-state index >= 15 is 0 Å². The van der Waals surface area contributed by atoms with E-state index in [2.05, 4.69) is 58.9 Å². The Balaban J connectivity index is 1.56. The normalized spacial score (nSPS) is 11.5. The maximum Gasteiger partial charge on any atom is 0.138 e. The van der Waals surface area contributed by atoms with Crippen LogP contribution in [0.15, 0.2) is 91.0 Å². The number of fused-ring (bicyclic) bond motifs is 3. The summed E-state index contributed by atoms with van der Waals surface area (Å²) in [6.07, 6.45) is 0. The van der Waals surface area contributed by atoms with Gasteiger partial charge in [-0.25, -0.2) is 13.8 Å². The molecule has 0 atom stereocenters. The Bertz CT molecular complexity index is 1580. The molecule has 0 aliphatic rings. The Morgan fingerprint density at radius 1 is 0.706 bits per heavy atom. The van der Waals surface area contributed by atoms with Crippen LogP contribution in [0.3, 0.4) is 0 Å². The molecular weight excluding hydrogens is 428 g/mol. The number of hydrogen-bond donors (Lipinski definition) is 1. The highest BCUT2D eigenvalue weighted by Crippen LogP contribution is 2.36. The second-order valence-corrected chi connectivity index (χ2v) is 8.32. The molecule has 5 heteroatoms. The van der Waals surface area contributed by atoms with Gasteiger partial charge in [-0.2, -0.15) is 0 Å². The van der Waals surface area contributed by atoms with Gasteiger partial charge in [0.25, 0.3) is 0 Å². The Morgan fingerprint density at radius 3 is 2.03 bits per heavy atom. The van der Waals surface area contributed by atoms with Crippen molar-refractivity contribution in [3.63, 3.8) is 0 Å². The molecule has 0 aliphatic carbocycles. The van der Waals surface area contributed by atoms with Crippen LogP contribution in [0.2, 0.25) is 0 Å². The third-order valence-corrected chi connectivity index (χ3v) is 6.32. The van der Waals surface area contributed by atoms with E-state index in [0.717, 1.165) is 34.3 Å². The molecule has 0 saturated carbocycles. The summed E-state index contributed by atoms with van der Waals surface area (Å²) >= 11 is 0. The van der Waals surface area contributed by atoms with Crippen LogP contribution in [-0.4, -0.2) is 14.5 Å². The molecule has 0 aliphatic heterocycles. The van der Waals surface area contributed by atoms with Crippen LogP contribution in [-0.2, 0) is 6.54 Å². The van der Waals surface area contributed by atoms with Crippen molar-refractivity contribution in [3.05, 3.63) is 103 Å². The van der Waals surface area contributed by atoms with E-state index in [1.165, 1.54) is 40.7 Å². The Labute approximate surface area is 195 Å². The molecular formula is C29H21F2N3. The van der Waals surface area contributed by atoms with Crippen LogP contribution in [0.4, 0.5) is 8.78 Å².